The molecule has 0 spiro atoms. The fourth-order valence-corrected chi connectivity index (χ4v) is 5.26. The van der Waals surface area contributed by atoms with Gasteiger partial charge in [0.15, 0.2) is 0 Å². The summed E-state index contributed by atoms with van der Waals surface area (Å²) in [5, 5.41) is 0. The van der Waals surface area contributed by atoms with Crippen LogP contribution in [0.1, 0.15) is 29.5 Å². The minimum absolute atomic E-state index is 1.19. The summed E-state index contributed by atoms with van der Waals surface area (Å²) in [5.41, 5.74) is 8.58. The Morgan fingerprint density at radius 3 is 1.96 bits per heavy atom. The van der Waals surface area contributed by atoms with Crippen LogP contribution in [0.4, 0.5) is 17.1 Å². The number of benzene rings is 3. The van der Waals surface area contributed by atoms with Crippen molar-refractivity contribution in [1.82, 2.24) is 0 Å². The number of hydrogen-bond donors (Lipinski definition) is 0. The van der Waals surface area contributed by atoms with Crippen LogP contribution in [0.25, 0.3) is 0 Å². The largest absolute Gasteiger partial charge is 0.308 e. The predicted molar refractivity (Wildman–Crippen MR) is 107 cm³/mol. The first-order valence-corrected chi connectivity index (χ1v) is 9.92. The van der Waals surface area contributed by atoms with Crippen LogP contribution in [-0.4, -0.2) is 0 Å². The van der Waals surface area contributed by atoms with Crippen molar-refractivity contribution in [3.05, 3.63) is 77.4 Å². The maximum atomic E-state index is 2.49. The predicted octanol–water partition coefficient (Wildman–Crippen LogP) is 6.81. The second kappa shape index (κ2) is 5.96. The highest BCUT2D eigenvalue weighted by atomic mass is 32.2. The van der Waals surface area contributed by atoms with Crippen molar-refractivity contribution in [2.45, 2.75) is 42.4 Å². The van der Waals surface area contributed by atoms with E-state index >= 15 is 0 Å². The molecule has 0 saturated carbocycles. The van der Waals surface area contributed by atoms with Gasteiger partial charge in [0, 0.05) is 15.5 Å². The van der Waals surface area contributed by atoms with Crippen LogP contribution < -0.4 is 4.90 Å². The van der Waals surface area contributed by atoms with Gasteiger partial charge in [0.1, 0.15) is 0 Å². The molecule has 0 fully saturated rings. The summed E-state index contributed by atoms with van der Waals surface area (Å²) in [5.74, 6) is 0. The lowest BCUT2D eigenvalue weighted by molar-refractivity contribution is 0.682. The fraction of sp³-hybridized carbons (Fsp3) is 0.217. The molecule has 2 aliphatic rings. The summed E-state index contributed by atoms with van der Waals surface area (Å²) in [6, 6.07) is 22.2. The number of para-hydroxylation sites is 2. The van der Waals surface area contributed by atoms with Gasteiger partial charge in [-0.1, -0.05) is 42.1 Å². The normalized spacial score (nSPS) is 15.3. The number of aryl methyl sites for hydroxylation is 1. The quantitative estimate of drug-likeness (QED) is 0.373. The first-order valence-electron chi connectivity index (χ1n) is 9.10. The lowest BCUT2D eigenvalue weighted by Gasteiger charge is -2.35. The molecule has 25 heavy (non-hydrogen) atoms. The number of rotatable bonds is 1. The summed E-state index contributed by atoms with van der Waals surface area (Å²) in [7, 11) is 0. The zero-order valence-electron chi connectivity index (χ0n) is 14.5. The van der Waals surface area contributed by atoms with Crippen LogP contribution in [0.2, 0.25) is 0 Å². The third-order valence-electron chi connectivity index (χ3n) is 5.42. The van der Waals surface area contributed by atoms with Crippen LogP contribution in [0.3, 0.4) is 0 Å². The van der Waals surface area contributed by atoms with Gasteiger partial charge >= 0.3 is 0 Å². The van der Waals surface area contributed by atoms with Crippen molar-refractivity contribution in [3.63, 3.8) is 0 Å². The Morgan fingerprint density at radius 2 is 1.28 bits per heavy atom. The number of hydrogen-bond acceptors (Lipinski definition) is 2. The van der Waals surface area contributed by atoms with E-state index in [1.807, 2.05) is 11.8 Å². The summed E-state index contributed by atoms with van der Waals surface area (Å²) in [6.07, 6.45) is 5.04. The minimum atomic E-state index is 1.19. The molecule has 1 aliphatic heterocycles. The molecular weight excluding hydrogens is 322 g/mol. The second-order valence-electron chi connectivity index (χ2n) is 6.94. The fourth-order valence-electron chi connectivity index (χ4n) is 4.20. The highest BCUT2D eigenvalue weighted by Crippen LogP contribution is 2.52. The molecular formula is C23H21NS. The van der Waals surface area contributed by atoms with Crippen LogP contribution in [0.5, 0.6) is 0 Å². The minimum Gasteiger partial charge on any atom is -0.308 e. The van der Waals surface area contributed by atoms with Gasteiger partial charge in [0.25, 0.3) is 0 Å². The van der Waals surface area contributed by atoms with E-state index in [-0.39, 0.29) is 0 Å². The van der Waals surface area contributed by atoms with E-state index in [1.165, 1.54) is 58.1 Å². The van der Waals surface area contributed by atoms with E-state index in [0.29, 0.717) is 0 Å². The molecule has 0 bridgehead atoms. The van der Waals surface area contributed by atoms with Gasteiger partial charge in [-0.2, -0.15) is 0 Å². The van der Waals surface area contributed by atoms with Crippen molar-refractivity contribution in [2.24, 2.45) is 0 Å². The Hall–Kier alpha value is -2.19. The van der Waals surface area contributed by atoms with Gasteiger partial charge < -0.3 is 4.90 Å². The monoisotopic (exact) mass is 343 g/mol. The molecule has 0 amide bonds. The van der Waals surface area contributed by atoms with Gasteiger partial charge in [-0.3, -0.25) is 0 Å². The highest BCUT2D eigenvalue weighted by Gasteiger charge is 2.27. The van der Waals surface area contributed by atoms with Crippen molar-refractivity contribution in [1.29, 1.82) is 0 Å². The van der Waals surface area contributed by atoms with Crippen molar-refractivity contribution in [3.8, 4) is 0 Å². The second-order valence-corrected chi connectivity index (χ2v) is 8.02. The van der Waals surface area contributed by atoms with Crippen molar-refractivity contribution >= 4 is 28.8 Å². The molecule has 1 aliphatic carbocycles. The van der Waals surface area contributed by atoms with E-state index in [4.69, 9.17) is 0 Å². The molecule has 0 N–H and O–H groups in total. The lowest BCUT2D eigenvalue weighted by atomic mass is 9.87. The SMILES string of the molecule is Cc1ccc(N2c3ccccc3Sc3ccccc32)c2c1CCCC2. The molecule has 0 unspecified atom stereocenters. The van der Waals surface area contributed by atoms with Gasteiger partial charge in [-0.25, -0.2) is 0 Å². The average Bonchev–Trinajstić information content (AvgIpc) is 2.67. The zero-order chi connectivity index (χ0) is 16.8. The third-order valence-corrected chi connectivity index (χ3v) is 6.55. The van der Waals surface area contributed by atoms with E-state index < -0.39 is 0 Å². The van der Waals surface area contributed by atoms with Gasteiger partial charge in [0.2, 0.25) is 0 Å². The van der Waals surface area contributed by atoms with E-state index in [2.05, 4.69) is 72.5 Å². The van der Waals surface area contributed by atoms with Gasteiger partial charge in [-0.05, 0) is 79.6 Å². The first kappa shape index (κ1) is 15.1. The van der Waals surface area contributed by atoms with Gasteiger partial charge in [-0.15, -0.1) is 0 Å². The van der Waals surface area contributed by atoms with Gasteiger partial charge in [0.05, 0.1) is 11.4 Å². The number of nitrogens with zero attached hydrogens (tertiary/aromatic N) is 1. The summed E-state index contributed by atoms with van der Waals surface area (Å²) in [6.45, 7) is 2.27. The van der Waals surface area contributed by atoms with Crippen LogP contribution in [-0.2, 0) is 12.8 Å². The van der Waals surface area contributed by atoms with Crippen LogP contribution >= 0.6 is 11.8 Å². The number of fused-ring (bicyclic) bond motifs is 3. The Balaban J connectivity index is 1.78. The molecule has 3 aromatic rings. The molecule has 1 nitrogen and oxygen atoms in total. The molecule has 0 atom stereocenters. The third kappa shape index (κ3) is 2.39. The zero-order valence-corrected chi connectivity index (χ0v) is 15.3. The smallest absolute Gasteiger partial charge is 0.0601 e. The van der Waals surface area contributed by atoms with Crippen molar-refractivity contribution in [2.75, 3.05) is 4.90 Å². The van der Waals surface area contributed by atoms with E-state index in [9.17, 15) is 0 Å². The Labute approximate surface area is 153 Å². The molecule has 3 aromatic carbocycles. The van der Waals surface area contributed by atoms with Crippen LogP contribution in [0, 0.1) is 6.92 Å². The topological polar surface area (TPSA) is 3.24 Å². The number of anilines is 3. The molecule has 0 saturated heterocycles. The maximum absolute atomic E-state index is 2.49. The average molecular weight is 343 g/mol. The Bertz CT molecular complexity index is 915. The summed E-state index contributed by atoms with van der Waals surface area (Å²) in [4.78, 5) is 5.17. The Morgan fingerprint density at radius 1 is 0.680 bits per heavy atom. The van der Waals surface area contributed by atoms with Crippen LogP contribution in [0.15, 0.2) is 70.5 Å². The van der Waals surface area contributed by atoms with E-state index in [0.717, 1.165) is 0 Å². The van der Waals surface area contributed by atoms with Crippen molar-refractivity contribution < 1.29 is 0 Å². The molecule has 0 aromatic heterocycles. The maximum Gasteiger partial charge on any atom is 0.0601 e. The summed E-state index contributed by atoms with van der Waals surface area (Å²) < 4.78 is 0. The molecule has 1 heterocycles. The molecule has 0 radical (unpaired) electrons. The highest BCUT2D eigenvalue weighted by molar-refractivity contribution is 7.99. The molecule has 5 rings (SSSR count). The molecule has 124 valence electrons. The standard InChI is InChI=1S/C23H21NS/c1-16-14-15-19(18-9-3-2-8-17(16)18)24-20-10-4-6-12-22(20)25-23-13-7-5-11-21(23)24/h4-7,10-15H,2-3,8-9H2,1H3. The molecule has 2 heteroatoms. The summed E-state index contributed by atoms with van der Waals surface area (Å²) >= 11 is 1.88. The lowest BCUT2D eigenvalue weighted by Crippen LogP contribution is -2.18. The van der Waals surface area contributed by atoms with E-state index in [1.54, 1.807) is 11.1 Å². The first-order chi connectivity index (χ1) is 12.3. The Kier molecular flexibility index (Phi) is 3.60.